The van der Waals surface area contributed by atoms with Crippen molar-refractivity contribution in [1.82, 2.24) is 0 Å². The highest BCUT2D eigenvalue weighted by Gasteiger charge is 2.05. The molecule has 0 nitrogen and oxygen atoms in total. The van der Waals surface area contributed by atoms with Crippen molar-refractivity contribution < 1.29 is 0 Å². The molecule has 0 radical (unpaired) electrons. The Hall–Kier alpha value is -1.27. The van der Waals surface area contributed by atoms with E-state index in [1.165, 1.54) is 11.1 Å². The number of hydrogen-bond donors (Lipinski definition) is 0. The van der Waals surface area contributed by atoms with E-state index in [1.54, 1.807) is 0 Å². The van der Waals surface area contributed by atoms with Crippen LogP contribution in [0.2, 0.25) is 5.02 Å². The fourth-order valence-corrected chi connectivity index (χ4v) is 2.00. The van der Waals surface area contributed by atoms with Gasteiger partial charge in [-0.2, -0.15) is 0 Å². The molecule has 0 spiro atoms. The molecule has 0 saturated carbocycles. The molecule has 1 atom stereocenters. The summed E-state index contributed by atoms with van der Waals surface area (Å²) in [6, 6.07) is 18.7. The summed E-state index contributed by atoms with van der Waals surface area (Å²) in [7, 11) is 0. The van der Waals surface area contributed by atoms with Gasteiger partial charge in [-0.05, 0) is 35.6 Å². The Labute approximate surface area is 102 Å². The first kappa shape index (κ1) is 11.2. The Balaban J connectivity index is 2.08. The first-order valence-corrected chi connectivity index (χ1v) is 5.93. The normalized spacial score (nSPS) is 12.4. The highest BCUT2D eigenvalue weighted by molar-refractivity contribution is 6.30. The van der Waals surface area contributed by atoms with E-state index in [0.717, 1.165) is 11.4 Å². The highest BCUT2D eigenvalue weighted by atomic mass is 35.5. The van der Waals surface area contributed by atoms with Gasteiger partial charge in [0.1, 0.15) is 0 Å². The standard InChI is InChI=1S/C15H15Cl/c1-12(14-5-3-2-4-6-14)11-13-7-9-15(16)10-8-13/h2-10,12H,11H2,1H3/t12-/m1/s1. The molecular weight excluding hydrogens is 216 g/mol. The molecule has 2 rings (SSSR count). The first-order valence-electron chi connectivity index (χ1n) is 5.55. The lowest BCUT2D eigenvalue weighted by Gasteiger charge is -2.11. The van der Waals surface area contributed by atoms with Gasteiger partial charge in [0.2, 0.25) is 0 Å². The highest BCUT2D eigenvalue weighted by Crippen LogP contribution is 2.20. The van der Waals surface area contributed by atoms with Crippen molar-refractivity contribution in [2.24, 2.45) is 0 Å². The molecule has 0 saturated heterocycles. The van der Waals surface area contributed by atoms with E-state index in [4.69, 9.17) is 11.6 Å². The van der Waals surface area contributed by atoms with Crippen LogP contribution in [0.1, 0.15) is 24.0 Å². The topological polar surface area (TPSA) is 0 Å². The van der Waals surface area contributed by atoms with E-state index in [0.29, 0.717) is 5.92 Å². The van der Waals surface area contributed by atoms with Crippen molar-refractivity contribution in [3.63, 3.8) is 0 Å². The molecule has 0 fully saturated rings. The third kappa shape index (κ3) is 2.86. The van der Waals surface area contributed by atoms with Crippen LogP contribution in [0, 0.1) is 0 Å². The summed E-state index contributed by atoms with van der Waals surface area (Å²) in [6.45, 7) is 2.25. The van der Waals surface area contributed by atoms with Gasteiger partial charge in [-0.25, -0.2) is 0 Å². The fraction of sp³-hybridized carbons (Fsp3) is 0.200. The fourth-order valence-electron chi connectivity index (χ4n) is 1.87. The zero-order valence-corrected chi connectivity index (χ0v) is 10.1. The monoisotopic (exact) mass is 230 g/mol. The van der Waals surface area contributed by atoms with Crippen LogP contribution in [0.4, 0.5) is 0 Å². The molecule has 16 heavy (non-hydrogen) atoms. The van der Waals surface area contributed by atoms with Gasteiger partial charge >= 0.3 is 0 Å². The molecule has 0 aliphatic carbocycles. The van der Waals surface area contributed by atoms with E-state index < -0.39 is 0 Å². The second-order valence-electron chi connectivity index (χ2n) is 4.14. The van der Waals surface area contributed by atoms with E-state index in [2.05, 4.69) is 49.4 Å². The summed E-state index contributed by atoms with van der Waals surface area (Å²) in [5.74, 6) is 0.544. The predicted octanol–water partition coefficient (Wildman–Crippen LogP) is 4.69. The maximum absolute atomic E-state index is 5.87. The summed E-state index contributed by atoms with van der Waals surface area (Å²) >= 11 is 5.87. The van der Waals surface area contributed by atoms with Crippen LogP contribution in [0.15, 0.2) is 54.6 Å². The van der Waals surface area contributed by atoms with Crippen molar-refractivity contribution in [3.05, 3.63) is 70.7 Å². The lowest BCUT2D eigenvalue weighted by Crippen LogP contribution is -1.97. The molecule has 2 aromatic carbocycles. The molecule has 1 heteroatoms. The number of hydrogen-bond acceptors (Lipinski definition) is 0. The number of benzene rings is 2. The van der Waals surface area contributed by atoms with Crippen LogP contribution in [0.3, 0.4) is 0 Å². The largest absolute Gasteiger partial charge is 0.0843 e. The van der Waals surface area contributed by atoms with Crippen LogP contribution in [0.25, 0.3) is 0 Å². The molecule has 0 aliphatic heterocycles. The van der Waals surface area contributed by atoms with Crippen molar-refractivity contribution >= 4 is 11.6 Å². The molecule has 0 amide bonds. The van der Waals surface area contributed by atoms with E-state index >= 15 is 0 Å². The van der Waals surface area contributed by atoms with Crippen molar-refractivity contribution in [1.29, 1.82) is 0 Å². The van der Waals surface area contributed by atoms with Crippen molar-refractivity contribution in [3.8, 4) is 0 Å². The third-order valence-corrected chi connectivity index (χ3v) is 3.08. The Morgan fingerprint density at radius 1 is 0.938 bits per heavy atom. The zero-order valence-electron chi connectivity index (χ0n) is 9.36. The van der Waals surface area contributed by atoms with Crippen LogP contribution < -0.4 is 0 Å². The quantitative estimate of drug-likeness (QED) is 0.718. The summed E-state index contributed by atoms with van der Waals surface area (Å²) in [6.07, 6.45) is 1.06. The van der Waals surface area contributed by atoms with Crippen LogP contribution in [-0.4, -0.2) is 0 Å². The van der Waals surface area contributed by atoms with Gasteiger partial charge in [-0.3, -0.25) is 0 Å². The smallest absolute Gasteiger partial charge is 0.0406 e. The minimum Gasteiger partial charge on any atom is -0.0843 e. The van der Waals surface area contributed by atoms with Crippen LogP contribution in [-0.2, 0) is 6.42 Å². The lowest BCUT2D eigenvalue weighted by atomic mass is 9.94. The zero-order chi connectivity index (χ0) is 11.4. The summed E-state index contributed by atoms with van der Waals surface area (Å²) in [4.78, 5) is 0. The Morgan fingerprint density at radius 3 is 2.19 bits per heavy atom. The SMILES string of the molecule is C[C@H](Cc1ccc(Cl)cc1)c1ccccc1. The second kappa shape index (κ2) is 5.18. The molecule has 2 aromatic rings. The van der Waals surface area contributed by atoms with Crippen molar-refractivity contribution in [2.45, 2.75) is 19.3 Å². The summed E-state index contributed by atoms with van der Waals surface area (Å²) in [5, 5.41) is 0.802. The molecular formula is C15H15Cl. The molecule has 0 aromatic heterocycles. The third-order valence-electron chi connectivity index (χ3n) is 2.82. The maximum Gasteiger partial charge on any atom is 0.0406 e. The summed E-state index contributed by atoms with van der Waals surface area (Å²) < 4.78 is 0. The van der Waals surface area contributed by atoms with Crippen LogP contribution in [0.5, 0.6) is 0 Å². The van der Waals surface area contributed by atoms with Gasteiger partial charge in [-0.15, -0.1) is 0 Å². The molecule has 0 aliphatic rings. The first-order chi connectivity index (χ1) is 7.75. The second-order valence-corrected chi connectivity index (χ2v) is 4.58. The molecule has 0 bridgehead atoms. The van der Waals surface area contributed by atoms with Crippen molar-refractivity contribution in [2.75, 3.05) is 0 Å². The van der Waals surface area contributed by atoms with Gasteiger partial charge in [0.25, 0.3) is 0 Å². The Kier molecular flexibility index (Phi) is 3.63. The number of halogens is 1. The van der Waals surface area contributed by atoms with Gasteiger partial charge < -0.3 is 0 Å². The van der Waals surface area contributed by atoms with Gasteiger partial charge in [-0.1, -0.05) is 61.0 Å². The average molecular weight is 231 g/mol. The lowest BCUT2D eigenvalue weighted by molar-refractivity contribution is 0.759. The van der Waals surface area contributed by atoms with Gasteiger partial charge in [0, 0.05) is 5.02 Å². The summed E-state index contributed by atoms with van der Waals surface area (Å²) in [5.41, 5.74) is 2.72. The molecule has 0 heterocycles. The minimum absolute atomic E-state index is 0.544. The Morgan fingerprint density at radius 2 is 1.56 bits per heavy atom. The maximum atomic E-state index is 5.87. The number of rotatable bonds is 3. The van der Waals surface area contributed by atoms with Gasteiger partial charge in [0.05, 0.1) is 0 Å². The van der Waals surface area contributed by atoms with E-state index in [-0.39, 0.29) is 0 Å². The van der Waals surface area contributed by atoms with E-state index in [1.807, 2.05) is 12.1 Å². The minimum atomic E-state index is 0.544. The molecule has 0 unspecified atom stereocenters. The van der Waals surface area contributed by atoms with Crippen LogP contribution >= 0.6 is 11.6 Å². The Bertz CT molecular complexity index is 431. The molecule has 0 N–H and O–H groups in total. The van der Waals surface area contributed by atoms with Gasteiger partial charge in [0.15, 0.2) is 0 Å². The van der Waals surface area contributed by atoms with E-state index in [9.17, 15) is 0 Å². The molecule has 82 valence electrons. The average Bonchev–Trinajstić information content (AvgIpc) is 2.33. The predicted molar refractivity (Wildman–Crippen MR) is 70.0 cm³/mol.